The summed E-state index contributed by atoms with van der Waals surface area (Å²) in [5.74, 6) is 2.23. The predicted molar refractivity (Wildman–Crippen MR) is 118 cm³/mol. The number of rotatable bonds is 8. The average Bonchev–Trinajstić information content (AvgIpc) is 3.47. The Morgan fingerprint density at radius 2 is 2.10 bits per heavy atom. The first-order chi connectivity index (χ1) is 14.1. The standard InChI is InChI=1S/C20H20N4O2S3/c1-13-22-23-20(24(13)8-7-16-4-3-9-27-16)29-12-15-11-28-19(21-15)14-5-6-17(25)18(10-14)26-2/h3-6,9-11,25H,7-8,12H2,1-2H3. The van der Waals surface area contributed by atoms with Crippen LogP contribution in [0.2, 0.25) is 0 Å². The summed E-state index contributed by atoms with van der Waals surface area (Å²) in [5, 5.41) is 24.3. The molecule has 4 rings (SSSR count). The van der Waals surface area contributed by atoms with E-state index in [0.29, 0.717) is 5.75 Å². The number of methoxy groups -OCH3 is 1. The topological polar surface area (TPSA) is 73.1 Å². The molecule has 6 nitrogen and oxygen atoms in total. The van der Waals surface area contributed by atoms with Gasteiger partial charge in [-0.15, -0.1) is 32.9 Å². The van der Waals surface area contributed by atoms with Crippen LogP contribution in [0.15, 0.2) is 46.2 Å². The molecule has 1 aromatic carbocycles. The lowest BCUT2D eigenvalue weighted by Crippen LogP contribution is -2.04. The highest BCUT2D eigenvalue weighted by molar-refractivity contribution is 7.98. The Hall–Kier alpha value is -2.36. The van der Waals surface area contributed by atoms with Crippen molar-refractivity contribution in [2.75, 3.05) is 7.11 Å². The minimum absolute atomic E-state index is 0.126. The molecule has 0 saturated heterocycles. The molecule has 4 aromatic rings. The molecule has 0 atom stereocenters. The number of nitrogens with zero attached hydrogens (tertiary/aromatic N) is 4. The van der Waals surface area contributed by atoms with Gasteiger partial charge in [-0.2, -0.15) is 0 Å². The minimum atomic E-state index is 0.126. The summed E-state index contributed by atoms with van der Waals surface area (Å²) in [5.41, 5.74) is 1.92. The molecule has 0 fully saturated rings. The summed E-state index contributed by atoms with van der Waals surface area (Å²) in [6.45, 7) is 2.86. The van der Waals surface area contributed by atoms with Gasteiger partial charge >= 0.3 is 0 Å². The third-order valence-corrected chi connectivity index (χ3v) is 7.27. The number of thioether (sulfide) groups is 1. The van der Waals surface area contributed by atoms with E-state index >= 15 is 0 Å². The van der Waals surface area contributed by atoms with Crippen LogP contribution < -0.4 is 4.74 Å². The summed E-state index contributed by atoms with van der Waals surface area (Å²) in [4.78, 5) is 6.09. The highest BCUT2D eigenvalue weighted by atomic mass is 32.2. The van der Waals surface area contributed by atoms with Gasteiger partial charge in [0.1, 0.15) is 10.8 Å². The third-order valence-electron chi connectivity index (χ3n) is 4.39. The second-order valence-corrected chi connectivity index (χ2v) is 9.16. The van der Waals surface area contributed by atoms with Crippen molar-refractivity contribution in [3.8, 4) is 22.1 Å². The van der Waals surface area contributed by atoms with Crippen LogP contribution in [0.4, 0.5) is 0 Å². The number of aromatic nitrogens is 4. The fourth-order valence-corrected chi connectivity index (χ4v) is 5.38. The second-order valence-electron chi connectivity index (χ2n) is 6.33. The van der Waals surface area contributed by atoms with Gasteiger partial charge in [0, 0.05) is 28.1 Å². The first kappa shape index (κ1) is 19.9. The molecular formula is C20H20N4O2S3. The maximum Gasteiger partial charge on any atom is 0.191 e. The number of hydrogen-bond acceptors (Lipinski definition) is 8. The summed E-state index contributed by atoms with van der Waals surface area (Å²) in [7, 11) is 1.54. The monoisotopic (exact) mass is 444 g/mol. The van der Waals surface area contributed by atoms with E-state index in [2.05, 4.69) is 37.7 Å². The molecule has 0 saturated carbocycles. The molecule has 0 aliphatic heterocycles. The van der Waals surface area contributed by atoms with Gasteiger partial charge in [-0.1, -0.05) is 17.8 Å². The second kappa shape index (κ2) is 8.98. The van der Waals surface area contributed by atoms with Gasteiger partial charge in [0.2, 0.25) is 0 Å². The molecule has 0 aliphatic rings. The van der Waals surface area contributed by atoms with Crippen LogP contribution in [0.3, 0.4) is 0 Å². The summed E-state index contributed by atoms with van der Waals surface area (Å²) >= 11 is 5.00. The van der Waals surface area contributed by atoms with E-state index in [0.717, 1.165) is 46.0 Å². The molecule has 0 unspecified atom stereocenters. The van der Waals surface area contributed by atoms with Gasteiger partial charge in [0.25, 0.3) is 0 Å². The Kier molecular flexibility index (Phi) is 6.17. The molecule has 29 heavy (non-hydrogen) atoms. The largest absolute Gasteiger partial charge is 0.504 e. The lowest BCUT2D eigenvalue weighted by molar-refractivity contribution is 0.373. The van der Waals surface area contributed by atoms with E-state index < -0.39 is 0 Å². The number of benzene rings is 1. The van der Waals surface area contributed by atoms with Crippen LogP contribution in [-0.4, -0.2) is 32.0 Å². The van der Waals surface area contributed by atoms with Crippen LogP contribution >= 0.6 is 34.4 Å². The number of ether oxygens (including phenoxy) is 1. The van der Waals surface area contributed by atoms with E-state index in [4.69, 9.17) is 9.72 Å². The number of aryl methyl sites for hydroxylation is 2. The van der Waals surface area contributed by atoms with Gasteiger partial charge in [0.15, 0.2) is 16.7 Å². The highest BCUT2D eigenvalue weighted by Gasteiger charge is 2.13. The molecule has 3 aromatic heterocycles. The van der Waals surface area contributed by atoms with Gasteiger partial charge in [-0.05, 0) is 43.0 Å². The van der Waals surface area contributed by atoms with Crippen molar-refractivity contribution in [2.45, 2.75) is 30.8 Å². The molecule has 0 radical (unpaired) electrons. The Morgan fingerprint density at radius 1 is 1.21 bits per heavy atom. The summed E-state index contributed by atoms with van der Waals surface area (Å²) in [6, 6.07) is 9.52. The summed E-state index contributed by atoms with van der Waals surface area (Å²) < 4.78 is 7.36. The van der Waals surface area contributed by atoms with Crippen molar-refractivity contribution in [2.24, 2.45) is 0 Å². The van der Waals surface area contributed by atoms with E-state index in [9.17, 15) is 5.11 Å². The smallest absolute Gasteiger partial charge is 0.191 e. The number of hydrogen-bond donors (Lipinski definition) is 1. The number of phenols is 1. The van der Waals surface area contributed by atoms with Crippen LogP contribution in [0.1, 0.15) is 16.4 Å². The third kappa shape index (κ3) is 4.63. The fourth-order valence-electron chi connectivity index (χ4n) is 2.86. The Balaban J connectivity index is 1.43. The SMILES string of the molecule is COc1cc(-c2nc(CSc3nnc(C)n3CCc3cccs3)cs2)ccc1O. The highest BCUT2D eigenvalue weighted by Crippen LogP contribution is 2.33. The van der Waals surface area contributed by atoms with Crippen molar-refractivity contribution in [1.82, 2.24) is 19.7 Å². The lowest BCUT2D eigenvalue weighted by atomic mass is 10.2. The van der Waals surface area contributed by atoms with Crippen molar-refractivity contribution in [3.05, 3.63) is 57.5 Å². The van der Waals surface area contributed by atoms with E-state index in [1.807, 2.05) is 13.0 Å². The zero-order valence-electron chi connectivity index (χ0n) is 16.0. The molecule has 0 bridgehead atoms. The van der Waals surface area contributed by atoms with Gasteiger partial charge in [-0.3, -0.25) is 0 Å². The molecule has 3 heterocycles. The van der Waals surface area contributed by atoms with E-state index in [1.54, 1.807) is 53.7 Å². The molecule has 0 spiro atoms. The molecule has 1 N–H and O–H groups in total. The Morgan fingerprint density at radius 3 is 2.90 bits per heavy atom. The van der Waals surface area contributed by atoms with E-state index in [1.165, 1.54) is 4.88 Å². The fraction of sp³-hybridized carbons (Fsp3) is 0.250. The maximum atomic E-state index is 9.77. The van der Waals surface area contributed by atoms with Crippen molar-refractivity contribution < 1.29 is 9.84 Å². The molecule has 9 heteroatoms. The molecule has 0 aliphatic carbocycles. The molecular weight excluding hydrogens is 424 g/mol. The van der Waals surface area contributed by atoms with Gasteiger partial charge in [-0.25, -0.2) is 4.98 Å². The quantitative estimate of drug-likeness (QED) is 0.385. The van der Waals surface area contributed by atoms with Crippen molar-refractivity contribution in [1.29, 1.82) is 0 Å². The number of thiophene rings is 1. The average molecular weight is 445 g/mol. The van der Waals surface area contributed by atoms with Crippen LogP contribution in [0, 0.1) is 6.92 Å². The zero-order chi connectivity index (χ0) is 20.2. The number of thiazole rings is 1. The van der Waals surface area contributed by atoms with Gasteiger partial charge < -0.3 is 14.4 Å². The van der Waals surface area contributed by atoms with Crippen LogP contribution in [0.25, 0.3) is 10.6 Å². The Labute approximate surface area is 181 Å². The predicted octanol–water partition coefficient (Wildman–Crippen LogP) is 5.02. The number of aromatic hydroxyl groups is 1. The first-order valence-electron chi connectivity index (χ1n) is 9.01. The normalized spacial score (nSPS) is 11.1. The molecule has 150 valence electrons. The van der Waals surface area contributed by atoms with Crippen LogP contribution in [-0.2, 0) is 18.7 Å². The van der Waals surface area contributed by atoms with Crippen molar-refractivity contribution >= 4 is 34.4 Å². The lowest BCUT2D eigenvalue weighted by Gasteiger charge is -2.07. The van der Waals surface area contributed by atoms with Gasteiger partial charge in [0.05, 0.1) is 12.8 Å². The summed E-state index contributed by atoms with van der Waals surface area (Å²) in [6.07, 6.45) is 0.980. The Bertz CT molecular complexity index is 1090. The minimum Gasteiger partial charge on any atom is -0.504 e. The zero-order valence-corrected chi connectivity index (χ0v) is 18.5. The maximum absolute atomic E-state index is 9.77. The first-order valence-corrected chi connectivity index (χ1v) is 11.8. The van der Waals surface area contributed by atoms with E-state index in [-0.39, 0.29) is 5.75 Å². The number of phenolic OH excluding ortho intramolecular Hbond substituents is 1. The van der Waals surface area contributed by atoms with Crippen molar-refractivity contribution in [3.63, 3.8) is 0 Å². The van der Waals surface area contributed by atoms with Crippen LogP contribution in [0.5, 0.6) is 11.5 Å². The molecule has 0 amide bonds.